The maximum atomic E-state index is 5.19. The highest BCUT2D eigenvalue weighted by atomic mass is 16.6. The zero-order valence-corrected chi connectivity index (χ0v) is 11.2. The Morgan fingerprint density at radius 2 is 1.94 bits per heavy atom. The predicted molar refractivity (Wildman–Crippen MR) is 65.3 cm³/mol. The smallest absolute Gasteiger partial charge is 0.0771 e. The van der Waals surface area contributed by atoms with Crippen LogP contribution in [0.25, 0.3) is 0 Å². The topological polar surface area (TPSA) is 53.1 Å². The fourth-order valence-electron chi connectivity index (χ4n) is 2.43. The molecule has 1 rings (SSSR count). The summed E-state index contributed by atoms with van der Waals surface area (Å²) in [4.78, 5) is 4.80. The molecule has 0 saturated heterocycles. The van der Waals surface area contributed by atoms with Gasteiger partial charge in [-0.05, 0) is 27.7 Å². The van der Waals surface area contributed by atoms with Gasteiger partial charge < -0.3 is 4.84 Å². The first-order valence-corrected chi connectivity index (χ1v) is 5.69. The lowest BCUT2D eigenvalue weighted by atomic mass is 9.84. The average molecular weight is 225 g/mol. The molecule has 2 N–H and O–H groups in total. The summed E-state index contributed by atoms with van der Waals surface area (Å²) >= 11 is 0. The molecule has 0 saturated carbocycles. The van der Waals surface area contributed by atoms with Crippen molar-refractivity contribution in [3.8, 4) is 0 Å². The van der Waals surface area contributed by atoms with Gasteiger partial charge in [0.15, 0.2) is 0 Å². The van der Waals surface area contributed by atoms with E-state index in [0.29, 0.717) is 12.6 Å². The van der Waals surface area contributed by atoms with E-state index in [0.717, 1.165) is 5.69 Å². The van der Waals surface area contributed by atoms with Gasteiger partial charge in [-0.25, -0.2) is 5.90 Å². The molecule has 0 unspecified atom stereocenters. The molecule has 16 heavy (non-hydrogen) atoms. The fraction of sp³-hybridized carbons (Fsp3) is 0.750. The highest BCUT2D eigenvalue weighted by Crippen LogP contribution is 2.30. The maximum absolute atomic E-state index is 5.19. The van der Waals surface area contributed by atoms with Crippen LogP contribution in [0.15, 0.2) is 0 Å². The number of rotatable bonds is 4. The number of hydrogen-bond acceptors (Lipinski definition) is 3. The van der Waals surface area contributed by atoms with E-state index in [1.807, 2.05) is 6.92 Å². The van der Waals surface area contributed by atoms with Crippen LogP contribution in [-0.4, -0.2) is 16.4 Å². The van der Waals surface area contributed by atoms with Gasteiger partial charge >= 0.3 is 0 Å². The van der Waals surface area contributed by atoms with Gasteiger partial charge in [0.25, 0.3) is 0 Å². The van der Waals surface area contributed by atoms with Crippen molar-refractivity contribution < 1.29 is 4.84 Å². The third kappa shape index (κ3) is 2.28. The minimum absolute atomic E-state index is 0.101. The van der Waals surface area contributed by atoms with Crippen molar-refractivity contribution in [2.45, 2.75) is 53.0 Å². The first kappa shape index (κ1) is 13.2. The molecule has 1 aromatic heterocycles. The van der Waals surface area contributed by atoms with Gasteiger partial charge in [-0.15, -0.1) is 0 Å². The molecular weight excluding hydrogens is 202 g/mol. The Morgan fingerprint density at radius 3 is 2.31 bits per heavy atom. The van der Waals surface area contributed by atoms with E-state index in [9.17, 15) is 0 Å². The van der Waals surface area contributed by atoms with Crippen molar-refractivity contribution in [3.05, 3.63) is 17.0 Å². The van der Waals surface area contributed by atoms with Gasteiger partial charge in [0.05, 0.1) is 12.3 Å². The van der Waals surface area contributed by atoms with Gasteiger partial charge in [0.1, 0.15) is 0 Å². The summed E-state index contributed by atoms with van der Waals surface area (Å²) in [5.74, 6) is 5.19. The largest absolute Gasteiger partial charge is 0.304 e. The molecule has 0 aliphatic heterocycles. The summed E-state index contributed by atoms with van der Waals surface area (Å²) in [5.41, 5.74) is 3.41. The molecular formula is C12H23N3O. The second-order valence-electron chi connectivity index (χ2n) is 5.28. The summed E-state index contributed by atoms with van der Waals surface area (Å²) in [6.07, 6.45) is 0. The summed E-state index contributed by atoms with van der Waals surface area (Å²) < 4.78 is 2.06. The molecule has 0 atom stereocenters. The maximum Gasteiger partial charge on any atom is 0.0771 e. The van der Waals surface area contributed by atoms with Gasteiger partial charge in [0, 0.05) is 22.7 Å². The molecule has 92 valence electrons. The minimum atomic E-state index is -0.101. The van der Waals surface area contributed by atoms with Crippen molar-refractivity contribution in [3.63, 3.8) is 0 Å². The zero-order chi connectivity index (χ0) is 12.5. The molecule has 0 spiro atoms. The molecule has 4 nitrogen and oxygen atoms in total. The second-order valence-corrected chi connectivity index (χ2v) is 5.28. The van der Waals surface area contributed by atoms with Crippen molar-refractivity contribution in [2.75, 3.05) is 6.61 Å². The predicted octanol–water partition coefficient (Wildman–Crippen LogP) is 2.25. The Labute approximate surface area is 97.7 Å². The van der Waals surface area contributed by atoms with E-state index in [2.05, 4.69) is 44.4 Å². The number of nitrogens with zero attached hydrogens (tertiary/aromatic N) is 2. The average Bonchev–Trinajstić information content (AvgIpc) is 2.41. The summed E-state index contributed by atoms with van der Waals surface area (Å²) in [6.45, 7) is 13.2. The molecule has 0 fully saturated rings. The summed E-state index contributed by atoms with van der Waals surface area (Å²) in [7, 11) is 0. The fourth-order valence-corrected chi connectivity index (χ4v) is 2.43. The van der Waals surface area contributed by atoms with Crippen LogP contribution in [0.1, 0.15) is 50.7 Å². The zero-order valence-electron chi connectivity index (χ0n) is 11.2. The van der Waals surface area contributed by atoms with Crippen molar-refractivity contribution in [1.82, 2.24) is 9.78 Å². The van der Waals surface area contributed by atoms with Crippen LogP contribution < -0.4 is 5.90 Å². The summed E-state index contributed by atoms with van der Waals surface area (Å²) in [5, 5.41) is 4.58. The van der Waals surface area contributed by atoms with Crippen LogP contribution in [-0.2, 0) is 10.3 Å². The molecule has 0 bridgehead atoms. The van der Waals surface area contributed by atoms with Gasteiger partial charge in [-0.3, -0.25) is 4.68 Å². The van der Waals surface area contributed by atoms with E-state index in [4.69, 9.17) is 10.7 Å². The number of hydrogen-bond donors (Lipinski definition) is 1. The van der Waals surface area contributed by atoms with Crippen LogP contribution in [0.2, 0.25) is 0 Å². The molecule has 0 aliphatic carbocycles. The van der Waals surface area contributed by atoms with Gasteiger partial charge in [-0.1, -0.05) is 13.8 Å². The second kappa shape index (κ2) is 4.55. The first-order chi connectivity index (χ1) is 7.31. The lowest BCUT2D eigenvalue weighted by molar-refractivity contribution is 0.0959. The number of aromatic nitrogens is 2. The SMILES string of the molecule is Cc1nn(C(C)C)c(C)c1C(C)(C)CON. The highest BCUT2D eigenvalue weighted by Gasteiger charge is 2.28. The monoisotopic (exact) mass is 225 g/mol. The van der Waals surface area contributed by atoms with E-state index < -0.39 is 0 Å². The van der Waals surface area contributed by atoms with E-state index in [-0.39, 0.29) is 5.41 Å². The van der Waals surface area contributed by atoms with E-state index in [1.165, 1.54) is 11.3 Å². The first-order valence-electron chi connectivity index (χ1n) is 5.69. The standard InChI is InChI=1S/C12H23N3O/c1-8(2)15-10(4)11(9(3)14-15)12(5,6)7-16-13/h8H,7,13H2,1-6H3. The van der Waals surface area contributed by atoms with Crippen LogP contribution in [0.3, 0.4) is 0 Å². The Balaban J connectivity index is 3.24. The van der Waals surface area contributed by atoms with Crippen LogP contribution >= 0.6 is 0 Å². The lowest BCUT2D eigenvalue weighted by Crippen LogP contribution is -2.27. The number of aryl methyl sites for hydroxylation is 1. The number of nitrogens with two attached hydrogens (primary N) is 1. The Bertz CT molecular complexity index is 367. The van der Waals surface area contributed by atoms with Crippen molar-refractivity contribution in [1.29, 1.82) is 0 Å². The van der Waals surface area contributed by atoms with Crippen LogP contribution in [0.5, 0.6) is 0 Å². The molecule has 4 heteroatoms. The lowest BCUT2D eigenvalue weighted by Gasteiger charge is -2.24. The Kier molecular flexibility index (Phi) is 3.76. The van der Waals surface area contributed by atoms with Crippen LogP contribution in [0.4, 0.5) is 0 Å². The van der Waals surface area contributed by atoms with E-state index in [1.54, 1.807) is 0 Å². The van der Waals surface area contributed by atoms with Gasteiger partial charge in [0.2, 0.25) is 0 Å². The summed E-state index contributed by atoms with van der Waals surface area (Å²) in [6, 6.07) is 0.377. The third-order valence-electron chi connectivity index (χ3n) is 2.94. The highest BCUT2D eigenvalue weighted by molar-refractivity contribution is 5.32. The molecule has 1 aromatic rings. The molecule has 1 heterocycles. The van der Waals surface area contributed by atoms with E-state index >= 15 is 0 Å². The van der Waals surface area contributed by atoms with Crippen LogP contribution in [0, 0.1) is 13.8 Å². The normalized spacial score (nSPS) is 12.5. The quantitative estimate of drug-likeness (QED) is 0.800. The van der Waals surface area contributed by atoms with Crippen molar-refractivity contribution in [2.24, 2.45) is 5.90 Å². The van der Waals surface area contributed by atoms with Crippen molar-refractivity contribution >= 4 is 0 Å². The Hall–Kier alpha value is -0.870. The Morgan fingerprint density at radius 1 is 1.38 bits per heavy atom. The third-order valence-corrected chi connectivity index (χ3v) is 2.94. The molecule has 0 radical (unpaired) electrons. The van der Waals surface area contributed by atoms with Gasteiger partial charge in [-0.2, -0.15) is 5.10 Å². The minimum Gasteiger partial charge on any atom is -0.304 e. The molecule has 0 aliphatic rings. The molecule has 0 aromatic carbocycles. The molecule has 0 amide bonds.